The Balaban J connectivity index is -0.000000180. The molecule has 86 valence electrons. The van der Waals surface area contributed by atoms with Crippen LogP contribution in [0.3, 0.4) is 0 Å². The number of rotatable bonds is 2. The van der Waals surface area contributed by atoms with E-state index in [9.17, 15) is 0 Å². The van der Waals surface area contributed by atoms with Crippen molar-refractivity contribution in [2.24, 2.45) is 0 Å². The van der Waals surface area contributed by atoms with Crippen molar-refractivity contribution in [3.8, 4) is 0 Å². The van der Waals surface area contributed by atoms with Crippen molar-refractivity contribution < 1.29 is 56.7 Å². The minimum absolute atomic E-state index is 0. The van der Waals surface area contributed by atoms with Crippen LogP contribution in [-0.2, 0) is 19.5 Å². The fraction of sp³-hybridized carbons (Fsp3) is 0.250. The summed E-state index contributed by atoms with van der Waals surface area (Å²) in [5.74, 6) is 0. The van der Waals surface area contributed by atoms with Crippen LogP contribution in [-0.4, -0.2) is 14.1 Å². The number of hydrogen-bond donors (Lipinski definition) is 2. The molecule has 0 unspecified atom stereocenters. The summed E-state index contributed by atoms with van der Waals surface area (Å²) in [4.78, 5) is 3.15. The van der Waals surface area contributed by atoms with E-state index < -0.39 is 0 Å². The summed E-state index contributed by atoms with van der Waals surface area (Å²) < 4.78 is 0. The summed E-state index contributed by atoms with van der Waals surface area (Å²) >= 11 is 0. The molecule has 1 aromatic carbocycles. The van der Waals surface area contributed by atoms with Gasteiger partial charge < -0.3 is 47.9 Å². The third-order valence-corrected chi connectivity index (χ3v) is 1.66. The number of halogens is 3. The molecular weight excluding hydrogens is 324 g/mol. The molecule has 0 aliphatic heterocycles. The van der Waals surface area contributed by atoms with Gasteiger partial charge in [0.25, 0.3) is 0 Å². The van der Waals surface area contributed by atoms with Crippen molar-refractivity contribution in [1.29, 1.82) is 5.39 Å². The predicted molar refractivity (Wildman–Crippen MR) is 50.3 cm³/mol. The molecule has 0 spiro atoms. The van der Waals surface area contributed by atoms with Crippen molar-refractivity contribution in [2.45, 2.75) is 0 Å². The van der Waals surface area contributed by atoms with E-state index in [1.165, 1.54) is 0 Å². The van der Waals surface area contributed by atoms with Gasteiger partial charge >= 0.3 is 25.2 Å². The molecule has 0 bridgehead atoms. The first kappa shape index (κ1) is 24.8. The zero-order valence-electron chi connectivity index (χ0n) is 8.97. The summed E-state index contributed by atoms with van der Waals surface area (Å²) in [6, 6.07) is 5.51. The first-order chi connectivity index (χ1) is 5.81. The van der Waals surface area contributed by atoms with Crippen molar-refractivity contribution in [3.63, 3.8) is 0 Å². The summed E-state index contributed by atoms with van der Waals surface area (Å²) in [5.41, 5.74) is 2.25. The Morgan fingerprint density at radius 1 is 1.06 bits per heavy atom. The maximum Gasteiger partial charge on any atom is 2.00 e. The molecule has 0 amide bonds. The summed E-state index contributed by atoms with van der Waals surface area (Å²) in [6.45, 7) is 0. The van der Waals surface area contributed by atoms with Crippen LogP contribution in [0.4, 0.5) is 17.1 Å². The predicted octanol–water partition coefficient (Wildman–Crippen LogP) is -6.74. The van der Waals surface area contributed by atoms with Crippen LogP contribution in [0.1, 0.15) is 0 Å². The van der Waals surface area contributed by atoms with Crippen molar-refractivity contribution in [1.82, 2.24) is 0 Å². The first-order valence-electron chi connectivity index (χ1n) is 3.66. The third-order valence-electron chi connectivity index (χ3n) is 1.66. The minimum atomic E-state index is 0. The summed E-state index contributed by atoms with van der Waals surface area (Å²) in [7, 11) is 3.60. The molecule has 0 saturated carbocycles. The van der Waals surface area contributed by atoms with Gasteiger partial charge in [0.05, 0.1) is 6.07 Å². The Morgan fingerprint density at radius 3 is 2.00 bits per heavy atom. The Hall–Kier alpha value is -0.267. The quantitative estimate of drug-likeness (QED) is 0.418. The van der Waals surface area contributed by atoms with Crippen molar-refractivity contribution in [3.05, 3.63) is 23.2 Å². The normalized spacial score (nSPS) is 6.56. The van der Waals surface area contributed by atoms with Crippen LogP contribution in [0, 0.1) is 5.39 Å². The van der Waals surface area contributed by atoms with E-state index in [1.807, 2.05) is 19.2 Å². The van der Waals surface area contributed by atoms with Crippen LogP contribution in [0.2, 0.25) is 0 Å². The molecule has 0 aromatic heterocycles. The molecule has 16 heavy (non-hydrogen) atoms. The molecule has 0 radical (unpaired) electrons. The molecular formula is C8H11Cl3N4Zn. The Labute approximate surface area is 127 Å². The van der Waals surface area contributed by atoms with Crippen molar-refractivity contribution in [2.75, 3.05) is 24.7 Å². The van der Waals surface area contributed by atoms with E-state index in [0.29, 0.717) is 5.69 Å². The van der Waals surface area contributed by atoms with E-state index in [0.717, 1.165) is 11.4 Å². The van der Waals surface area contributed by atoms with E-state index in [-0.39, 0.29) is 56.7 Å². The van der Waals surface area contributed by atoms with Gasteiger partial charge in [-0.15, -0.1) is 0 Å². The second-order valence-electron chi connectivity index (χ2n) is 2.33. The number of nitrogens with one attached hydrogen (secondary N) is 2. The maximum absolute atomic E-state index is 8.63. The smallest absolute Gasteiger partial charge is 1.00 e. The first-order valence-corrected chi connectivity index (χ1v) is 3.66. The van der Waals surface area contributed by atoms with Crippen LogP contribution in [0.25, 0.3) is 4.98 Å². The van der Waals surface area contributed by atoms with Gasteiger partial charge in [-0.05, 0) is 12.1 Å². The molecule has 0 atom stereocenters. The number of hydrogen-bond acceptors (Lipinski definition) is 3. The monoisotopic (exact) mass is 332 g/mol. The molecule has 0 fully saturated rings. The average molecular weight is 335 g/mol. The zero-order chi connectivity index (χ0) is 8.97. The van der Waals surface area contributed by atoms with Gasteiger partial charge in [0.1, 0.15) is 5.69 Å². The number of diazo groups is 1. The molecule has 0 aliphatic carbocycles. The Kier molecular flexibility index (Phi) is 19.8. The van der Waals surface area contributed by atoms with Gasteiger partial charge in [-0.1, -0.05) is 0 Å². The molecule has 0 saturated heterocycles. The molecule has 1 aromatic rings. The number of anilines is 2. The van der Waals surface area contributed by atoms with Gasteiger partial charge in [-0.25, -0.2) is 0 Å². The van der Waals surface area contributed by atoms with Crippen LogP contribution in [0.5, 0.6) is 0 Å². The number of nitrogens with zero attached hydrogens (tertiary/aromatic N) is 2. The molecule has 0 heterocycles. The van der Waals surface area contributed by atoms with Crippen LogP contribution >= 0.6 is 0 Å². The van der Waals surface area contributed by atoms with Gasteiger partial charge in [-0.3, -0.25) is 0 Å². The molecule has 8 heteroatoms. The van der Waals surface area contributed by atoms with Crippen LogP contribution in [0.15, 0.2) is 18.2 Å². The van der Waals surface area contributed by atoms with Gasteiger partial charge in [0.2, 0.25) is 5.39 Å². The fourth-order valence-corrected chi connectivity index (χ4v) is 0.981. The molecule has 4 nitrogen and oxygen atoms in total. The van der Waals surface area contributed by atoms with E-state index in [2.05, 4.69) is 15.6 Å². The topological polar surface area (TPSA) is 52.2 Å². The van der Waals surface area contributed by atoms with E-state index in [4.69, 9.17) is 5.39 Å². The summed E-state index contributed by atoms with van der Waals surface area (Å²) in [6.07, 6.45) is 0. The second kappa shape index (κ2) is 12.8. The van der Waals surface area contributed by atoms with Crippen molar-refractivity contribution >= 4 is 17.1 Å². The third kappa shape index (κ3) is 6.35. The molecule has 0 aliphatic rings. The Morgan fingerprint density at radius 2 is 1.62 bits per heavy atom. The largest absolute Gasteiger partial charge is 2.00 e. The van der Waals surface area contributed by atoms with Gasteiger partial charge in [0, 0.05) is 19.8 Å². The SMILES string of the molecule is CNc1ccc(NC)c([N+]#N)c1.[Cl-].[Cl-].[Cl-].[Zn+2]. The fourth-order valence-electron chi connectivity index (χ4n) is 0.981. The summed E-state index contributed by atoms with van der Waals surface area (Å²) in [5, 5.41) is 14.5. The maximum atomic E-state index is 8.63. The van der Waals surface area contributed by atoms with Gasteiger partial charge in [-0.2, -0.15) is 0 Å². The van der Waals surface area contributed by atoms with E-state index in [1.54, 1.807) is 13.1 Å². The second-order valence-corrected chi connectivity index (χ2v) is 2.33. The van der Waals surface area contributed by atoms with E-state index >= 15 is 0 Å². The van der Waals surface area contributed by atoms with Crippen LogP contribution < -0.4 is 47.9 Å². The van der Waals surface area contributed by atoms with Gasteiger partial charge in [0.15, 0.2) is 4.98 Å². The number of benzene rings is 1. The zero-order valence-corrected chi connectivity index (χ0v) is 14.2. The molecule has 2 N–H and O–H groups in total. The Bertz CT molecular complexity index is 330. The minimum Gasteiger partial charge on any atom is -1.00 e. The molecule has 1 rings (SSSR count). The average Bonchev–Trinajstić information content (AvgIpc) is 2.16. The standard InChI is InChI=1S/C8H10N4.3ClH.Zn/c1-10-6-3-4-7(11-2)8(5-6)12-9;;;;/h3-5,9H,1-2H3;3*1H;/q;;;;+2/p-2.